The zero-order valence-corrected chi connectivity index (χ0v) is 7.66. The average Bonchev–Trinajstić information content (AvgIpc) is 2.45. The van der Waals surface area contributed by atoms with E-state index in [1.165, 1.54) is 0 Å². The van der Waals surface area contributed by atoms with Gasteiger partial charge in [0.2, 0.25) is 0 Å². The van der Waals surface area contributed by atoms with Crippen molar-refractivity contribution in [3.63, 3.8) is 0 Å². The Morgan fingerprint density at radius 2 is 2.21 bits per heavy atom. The number of nitrogens with two attached hydrogens (primary N) is 1. The number of aromatic carboxylic acids is 1. The first-order valence-electron chi connectivity index (χ1n) is 4.21. The molecular weight excluding hydrogens is 180 g/mol. The fourth-order valence-electron chi connectivity index (χ4n) is 1.66. The van der Waals surface area contributed by atoms with Gasteiger partial charge in [0, 0.05) is 16.6 Å². The van der Waals surface area contributed by atoms with Crippen LogP contribution >= 0.6 is 0 Å². The van der Waals surface area contributed by atoms with Crippen molar-refractivity contribution in [2.45, 2.75) is 6.92 Å². The van der Waals surface area contributed by atoms with Crippen molar-refractivity contribution in [2.75, 3.05) is 5.73 Å². The number of nitrogens with one attached hydrogen (secondary N) is 1. The number of carbonyl (C=O) groups is 1. The van der Waals surface area contributed by atoms with Crippen LogP contribution in [0.25, 0.3) is 10.9 Å². The Labute approximate surface area is 80.3 Å². The lowest BCUT2D eigenvalue weighted by molar-refractivity contribution is 0.0691. The highest BCUT2D eigenvalue weighted by molar-refractivity contribution is 6.01. The van der Waals surface area contributed by atoms with Gasteiger partial charge < -0.3 is 15.8 Å². The van der Waals surface area contributed by atoms with Gasteiger partial charge in [-0.3, -0.25) is 0 Å². The maximum atomic E-state index is 10.8. The standard InChI is InChI=1S/C10H10N2O2/c1-5-8-6(11)3-2-4-7(8)12-9(5)10(13)14/h2-4,12H,11H2,1H3,(H,13,14). The number of fused-ring (bicyclic) bond motifs is 1. The normalized spacial score (nSPS) is 10.6. The fraction of sp³-hybridized carbons (Fsp3) is 0.100. The lowest BCUT2D eigenvalue weighted by Crippen LogP contribution is -1.98. The summed E-state index contributed by atoms with van der Waals surface area (Å²) in [5, 5.41) is 9.68. The third-order valence-corrected chi connectivity index (χ3v) is 2.32. The van der Waals surface area contributed by atoms with E-state index in [4.69, 9.17) is 10.8 Å². The molecule has 2 aromatic rings. The molecule has 2 rings (SSSR count). The summed E-state index contributed by atoms with van der Waals surface area (Å²) < 4.78 is 0. The van der Waals surface area contributed by atoms with Crippen LogP contribution in [0.1, 0.15) is 16.1 Å². The topological polar surface area (TPSA) is 79.1 Å². The SMILES string of the molecule is Cc1c(C(=O)O)[nH]c2cccc(N)c12. The van der Waals surface area contributed by atoms with Crippen molar-refractivity contribution in [1.82, 2.24) is 4.98 Å². The molecule has 0 radical (unpaired) electrons. The van der Waals surface area contributed by atoms with Gasteiger partial charge in [0.25, 0.3) is 0 Å². The molecule has 0 aliphatic carbocycles. The Bertz CT molecular complexity index is 514. The van der Waals surface area contributed by atoms with E-state index in [1.807, 2.05) is 6.07 Å². The maximum Gasteiger partial charge on any atom is 0.352 e. The highest BCUT2D eigenvalue weighted by atomic mass is 16.4. The van der Waals surface area contributed by atoms with Gasteiger partial charge in [-0.1, -0.05) is 6.07 Å². The number of hydrogen-bond acceptors (Lipinski definition) is 2. The van der Waals surface area contributed by atoms with Crippen molar-refractivity contribution in [3.05, 3.63) is 29.5 Å². The molecule has 1 aromatic carbocycles. The van der Waals surface area contributed by atoms with Gasteiger partial charge in [0.15, 0.2) is 0 Å². The highest BCUT2D eigenvalue weighted by Gasteiger charge is 2.14. The van der Waals surface area contributed by atoms with Gasteiger partial charge in [-0.25, -0.2) is 4.79 Å². The summed E-state index contributed by atoms with van der Waals surface area (Å²) in [6.45, 7) is 1.75. The van der Waals surface area contributed by atoms with Gasteiger partial charge in [0.05, 0.1) is 0 Å². The summed E-state index contributed by atoms with van der Waals surface area (Å²) in [6.07, 6.45) is 0. The van der Waals surface area contributed by atoms with Crippen molar-refractivity contribution < 1.29 is 9.90 Å². The van der Waals surface area contributed by atoms with Gasteiger partial charge >= 0.3 is 5.97 Å². The molecule has 1 aromatic heterocycles. The second-order valence-electron chi connectivity index (χ2n) is 3.20. The van der Waals surface area contributed by atoms with E-state index in [0.717, 1.165) is 10.9 Å². The van der Waals surface area contributed by atoms with Gasteiger partial charge in [-0.05, 0) is 24.6 Å². The average molecular weight is 190 g/mol. The molecule has 0 saturated heterocycles. The molecule has 0 aliphatic rings. The van der Waals surface area contributed by atoms with Crippen LogP contribution in [-0.2, 0) is 0 Å². The number of aromatic nitrogens is 1. The molecule has 0 bridgehead atoms. The molecule has 4 N–H and O–H groups in total. The van der Waals surface area contributed by atoms with Crippen molar-refractivity contribution in [2.24, 2.45) is 0 Å². The molecule has 0 spiro atoms. The predicted octanol–water partition coefficient (Wildman–Crippen LogP) is 1.76. The van der Waals surface area contributed by atoms with E-state index in [-0.39, 0.29) is 5.69 Å². The minimum Gasteiger partial charge on any atom is -0.477 e. The summed E-state index contributed by atoms with van der Waals surface area (Å²) in [6, 6.07) is 5.36. The minimum atomic E-state index is -0.960. The van der Waals surface area contributed by atoms with E-state index in [0.29, 0.717) is 11.3 Å². The first-order chi connectivity index (χ1) is 6.61. The summed E-state index contributed by atoms with van der Waals surface area (Å²) in [5.41, 5.74) is 8.01. The largest absolute Gasteiger partial charge is 0.477 e. The summed E-state index contributed by atoms with van der Waals surface area (Å²) in [4.78, 5) is 13.7. The van der Waals surface area contributed by atoms with Crippen LogP contribution in [0.5, 0.6) is 0 Å². The van der Waals surface area contributed by atoms with E-state index in [2.05, 4.69) is 4.98 Å². The van der Waals surface area contributed by atoms with Crippen LogP contribution in [0, 0.1) is 6.92 Å². The van der Waals surface area contributed by atoms with Crippen LogP contribution in [0.4, 0.5) is 5.69 Å². The van der Waals surface area contributed by atoms with E-state index in [9.17, 15) is 4.79 Å². The molecule has 0 amide bonds. The maximum absolute atomic E-state index is 10.8. The van der Waals surface area contributed by atoms with Crippen LogP contribution in [0.2, 0.25) is 0 Å². The number of H-pyrrole nitrogens is 1. The number of carboxylic acid groups (broad SMARTS) is 1. The smallest absolute Gasteiger partial charge is 0.352 e. The number of aromatic amines is 1. The monoisotopic (exact) mass is 190 g/mol. The van der Waals surface area contributed by atoms with Gasteiger partial charge in [-0.2, -0.15) is 0 Å². The third-order valence-electron chi connectivity index (χ3n) is 2.32. The van der Waals surface area contributed by atoms with Gasteiger partial charge in [-0.15, -0.1) is 0 Å². The minimum absolute atomic E-state index is 0.206. The molecule has 1 heterocycles. The van der Waals surface area contributed by atoms with E-state index >= 15 is 0 Å². The second-order valence-corrected chi connectivity index (χ2v) is 3.20. The van der Waals surface area contributed by atoms with Crippen molar-refractivity contribution >= 4 is 22.6 Å². The Balaban J connectivity index is 2.87. The summed E-state index contributed by atoms with van der Waals surface area (Å²) in [5.74, 6) is -0.960. The number of nitrogen functional groups attached to an aromatic ring is 1. The zero-order chi connectivity index (χ0) is 10.3. The number of aryl methyl sites for hydroxylation is 1. The highest BCUT2D eigenvalue weighted by Crippen LogP contribution is 2.26. The lowest BCUT2D eigenvalue weighted by Gasteiger charge is -1.96. The zero-order valence-electron chi connectivity index (χ0n) is 7.66. The molecular formula is C10H10N2O2. The molecule has 14 heavy (non-hydrogen) atoms. The third kappa shape index (κ3) is 1.04. The quantitative estimate of drug-likeness (QED) is 0.599. The fourth-order valence-corrected chi connectivity index (χ4v) is 1.66. The second kappa shape index (κ2) is 2.77. The first kappa shape index (κ1) is 8.62. The molecule has 72 valence electrons. The molecule has 0 fully saturated rings. The van der Waals surface area contributed by atoms with Gasteiger partial charge in [0.1, 0.15) is 5.69 Å². The Morgan fingerprint density at radius 1 is 1.50 bits per heavy atom. The Hall–Kier alpha value is -1.97. The van der Waals surface area contributed by atoms with Crippen LogP contribution in [-0.4, -0.2) is 16.1 Å². The summed E-state index contributed by atoms with van der Waals surface area (Å²) in [7, 11) is 0. The lowest BCUT2D eigenvalue weighted by atomic mass is 10.1. The Morgan fingerprint density at radius 3 is 2.79 bits per heavy atom. The predicted molar refractivity (Wildman–Crippen MR) is 54.4 cm³/mol. The molecule has 0 unspecified atom stereocenters. The molecule has 4 heteroatoms. The number of benzene rings is 1. The van der Waals surface area contributed by atoms with Crippen molar-refractivity contribution in [3.8, 4) is 0 Å². The Kier molecular flexibility index (Phi) is 1.70. The number of hydrogen-bond donors (Lipinski definition) is 3. The molecule has 0 atom stereocenters. The number of anilines is 1. The summed E-state index contributed by atoms with van der Waals surface area (Å²) >= 11 is 0. The van der Waals surface area contributed by atoms with Crippen LogP contribution in [0.15, 0.2) is 18.2 Å². The number of rotatable bonds is 1. The van der Waals surface area contributed by atoms with Crippen molar-refractivity contribution in [1.29, 1.82) is 0 Å². The molecule has 0 aliphatic heterocycles. The van der Waals surface area contributed by atoms with E-state index < -0.39 is 5.97 Å². The molecule has 4 nitrogen and oxygen atoms in total. The van der Waals surface area contributed by atoms with Crippen LogP contribution < -0.4 is 5.73 Å². The van der Waals surface area contributed by atoms with Crippen LogP contribution in [0.3, 0.4) is 0 Å². The first-order valence-corrected chi connectivity index (χ1v) is 4.21. The number of carboxylic acids is 1. The molecule has 0 saturated carbocycles. The van der Waals surface area contributed by atoms with E-state index in [1.54, 1.807) is 19.1 Å².